The van der Waals surface area contributed by atoms with Crippen molar-refractivity contribution in [3.63, 3.8) is 0 Å². The molecule has 1 saturated carbocycles. The molecule has 5 nitrogen and oxygen atoms in total. The van der Waals surface area contributed by atoms with Crippen LogP contribution in [0, 0.1) is 28.7 Å². The van der Waals surface area contributed by atoms with E-state index in [9.17, 15) is 9.59 Å². The molecule has 0 spiro atoms. The molecular weight excluding hydrogens is 290 g/mol. The van der Waals surface area contributed by atoms with Gasteiger partial charge in [-0.25, -0.2) is 0 Å². The van der Waals surface area contributed by atoms with E-state index in [-0.39, 0.29) is 22.8 Å². The summed E-state index contributed by atoms with van der Waals surface area (Å²) in [4.78, 5) is 30.2. The maximum Gasteiger partial charge on any atom is 0.288 e. The number of carbonyl (C=O) groups excluding carboxylic acids is 2. The van der Waals surface area contributed by atoms with Gasteiger partial charge in [-0.3, -0.25) is 9.59 Å². The van der Waals surface area contributed by atoms with E-state index in [1.54, 1.807) is 13.8 Å². The minimum absolute atomic E-state index is 0.0272. The van der Waals surface area contributed by atoms with Gasteiger partial charge >= 0.3 is 0 Å². The molecule has 128 valence electrons. The van der Waals surface area contributed by atoms with Crippen molar-refractivity contribution in [2.75, 3.05) is 13.1 Å². The van der Waals surface area contributed by atoms with E-state index in [1.165, 1.54) is 0 Å². The van der Waals surface area contributed by atoms with Gasteiger partial charge in [-0.1, -0.05) is 25.6 Å². The van der Waals surface area contributed by atoms with Crippen LogP contribution in [-0.4, -0.2) is 35.3 Å². The molecule has 3 atom stereocenters. The first kappa shape index (κ1) is 17.8. The van der Waals surface area contributed by atoms with Gasteiger partial charge in [-0.2, -0.15) is 0 Å². The van der Waals surface area contributed by atoms with E-state index in [1.807, 2.05) is 4.90 Å². The van der Waals surface area contributed by atoms with Crippen molar-refractivity contribution >= 4 is 11.8 Å². The van der Waals surface area contributed by atoms with Crippen molar-refractivity contribution in [1.82, 2.24) is 4.90 Å². The normalized spacial score (nSPS) is 29.6. The van der Waals surface area contributed by atoms with E-state index in [0.29, 0.717) is 24.7 Å². The number of carbonyl (C=O) groups is 2. The Morgan fingerprint density at radius 2 is 1.74 bits per heavy atom. The number of hydrogen-bond donors (Lipinski definition) is 1. The number of nitrogens with zero attached hydrogens (tertiary/aromatic N) is 2. The molecule has 23 heavy (non-hydrogen) atoms. The third kappa shape index (κ3) is 3.68. The lowest BCUT2D eigenvalue weighted by molar-refractivity contribution is -0.132. The fourth-order valence-electron chi connectivity index (χ4n) is 3.28. The van der Waals surface area contributed by atoms with Crippen LogP contribution in [0.15, 0.2) is 0 Å². The third-order valence-electron chi connectivity index (χ3n) is 5.25. The molecule has 2 amide bonds. The van der Waals surface area contributed by atoms with E-state index < -0.39 is 5.41 Å². The molecule has 0 aromatic heterocycles. The molecule has 1 aliphatic heterocycles. The van der Waals surface area contributed by atoms with Crippen LogP contribution < -0.4 is 5.73 Å². The number of likely N-dealkylation sites (tertiary alicyclic amines) is 1. The van der Waals surface area contributed by atoms with Crippen molar-refractivity contribution < 1.29 is 9.59 Å². The zero-order valence-corrected chi connectivity index (χ0v) is 15.3. The molecule has 0 aromatic rings. The Bertz CT molecular complexity index is 565. The van der Waals surface area contributed by atoms with Gasteiger partial charge in [0.1, 0.15) is 0 Å². The van der Waals surface area contributed by atoms with Crippen LogP contribution in [0.3, 0.4) is 0 Å². The van der Waals surface area contributed by atoms with E-state index in [4.69, 9.17) is 5.73 Å². The van der Waals surface area contributed by atoms with Crippen molar-refractivity contribution in [2.45, 2.75) is 59.9 Å². The Morgan fingerprint density at radius 1 is 1.22 bits per heavy atom. The van der Waals surface area contributed by atoms with Gasteiger partial charge in [0.05, 0.1) is 23.7 Å². The largest absolute Gasteiger partial charge is 0.369 e. The van der Waals surface area contributed by atoms with Gasteiger partial charge < -0.3 is 10.6 Å². The number of rotatable bonds is 3. The second-order valence-corrected chi connectivity index (χ2v) is 9.17. The summed E-state index contributed by atoms with van der Waals surface area (Å²) in [5.41, 5.74) is 4.66. The second kappa shape index (κ2) is 5.51. The number of fused-ring (bicyclic) bond motifs is 1. The first-order valence-electron chi connectivity index (χ1n) is 8.39. The van der Waals surface area contributed by atoms with E-state index in [2.05, 4.69) is 38.6 Å². The Hall–Kier alpha value is -1.57. The number of amides is 2. The molecule has 2 rings (SSSR count). The highest BCUT2D eigenvalue weighted by Crippen LogP contribution is 2.58. The van der Waals surface area contributed by atoms with Crippen molar-refractivity contribution in [3.05, 3.63) is 4.85 Å². The summed E-state index contributed by atoms with van der Waals surface area (Å²) < 4.78 is 0. The highest BCUT2D eigenvalue weighted by molar-refractivity contribution is 5.80. The van der Waals surface area contributed by atoms with E-state index in [0.717, 1.165) is 13.1 Å². The molecule has 1 saturated heterocycles. The highest BCUT2D eigenvalue weighted by atomic mass is 16.2. The van der Waals surface area contributed by atoms with Crippen molar-refractivity contribution in [1.29, 1.82) is 0 Å². The lowest BCUT2D eigenvalue weighted by Crippen LogP contribution is -2.36. The first-order chi connectivity index (χ1) is 10.4. The zero-order chi connectivity index (χ0) is 17.6. The number of hydrogen-bond acceptors (Lipinski definition) is 2. The standard InChI is InChI=1S/C18H29N3O2/c1-16(2,3)9-14(22)21-10-12-13(11-21)18(12,6)20-8-7-17(4,5)15(19)23/h12-13H,7,9-11H2,1-6H3,(H-,19,23)/p+1/t12-,13+,18?. The van der Waals surface area contributed by atoms with Gasteiger partial charge in [0.25, 0.3) is 11.6 Å². The lowest BCUT2D eigenvalue weighted by atomic mass is 9.89. The van der Waals surface area contributed by atoms with Crippen LogP contribution in [0.2, 0.25) is 0 Å². The molecular formula is C18H30N3O2+. The molecule has 2 N–H and O–H groups in total. The van der Waals surface area contributed by atoms with Crippen LogP contribution >= 0.6 is 0 Å². The number of nitrogens with two attached hydrogens (primary N) is 1. The number of primary amides is 1. The summed E-state index contributed by atoms with van der Waals surface area (Å²) >= 11 is 0. The zero-order valence-electron chi connectivity index (χ0n) is 15.3. The average Bonchev–Trinajstić information content (AvgIpc) is 2.73. The van der Waals surface area contributed by atoms with Crippen molar-refractivity contribution in [2.24, 2.45) is 28.4 Å². The van der Waals surface area contributed by atoms with E-state index >= 15 is 0 Å². The Morgan fingerprint density at radius 3 is 2.17 bits per heavy atom. The summed E-state index contributed by atoms with van der Waals surface area (Å²) in [5.74, 6) is 0.765. The fourth-order valence-corrected chi connectivity index (χ4v) is 3.28. The van der Waals surface area contributed by atoms with Crippen LogP contribution in [-0.2, 0) is 9.59 Å². The maximum absolute atomic E-state index is 12.3. The molecule has 1 aliphatic carbocycles. The summed E-state index contributed by atoms with van der Waals surface area (Å²) in [6.07, 6.45) is 1.02. The summed E-state index contributed by atoms with van der Waals surface area (Å²) in [5, 5.41) is 0. The quantitative estimate of drug-likeness (QED) is 0.868. The van der Waals surface area contributed by atoms with Gasteiger partial charge in [-0.15, -0.1) is 0 Å². The Balaban J connectivity index is 1.90. The third-order valence-corrected chi connectivity index (χ3v) is 5.25. The predicted octanol–water partition coefficient (Wildman–Crippen LogP) is 2.50. The Kier molecular flexibility index (Phi) is 4.26. The van der Waals surface area contributed by atoms with Crippen LogP contribution in [0.5, 0.6) is 0 Å². The monoisotopic (exact) mass is 320 g/mol. The first-order valence-corrected chi connectivity index (χ1v) is 8.39. The summed E-state index contributed by atoms with van der Waals surface area (Å²) in [6.45, 7) is 13.6. The topological polar surface area (TPSA) is 67.8 Å². The molecule has 0 radical (unpaired) electrons. The lowest BCUT2D eigenvalue weighted by Gasteiger charge is -2.24. The number of piperidine rings is 1. The Labute approximate surface area is 139 Å². The molecule has 5 heteroatoms. The highest BCUT2D eigenvalue weighted by Gasteiger charge is 2.76. The fraction of sp³-hybridized carbons (Fsp3) is 0.833. The molecule has 1 unspecified atom stereocenters. The SMILES string of the molecule is CC(C)(C)CC(=O)N1C[C@@H]2[C@H](C1)C2(C)[N+]#CCC(C)(C)C(N)=O. The van der Waals surface area contributed by atoms with Crippen molar-refractivity contribution in [3.8, 4) is 6.07 Å². The maximum atomic E-state index is 12.3. The van der Waals surface area contributed by atoms with Crippen LogP contribution in [0.25, 0.3) is 4.85 Å². The molecule has 2 aliphatic rings. The van der Waals surface area contributed by atoms with Gasteiger partial charge in [0, 0.05) is 26.4 Å². The summed E-state index contributed by atoms with van der Waals surface area (Å²) in [6, 6.07) is 3.04. The minimum Gasteiger partial charge on any atom is -0.369 e. The van der Waals surface area contributed by atoms with Gasteiger partial charge in [0.15, 0.2) is 0 Å². The van der Waals surface area contributed by atoms with Crippen LogP contribution in [0.1, 0.15) is 54.4 Å². The van der Waals surface area contributed by atoms with Gasteiger partial charge in [0.2, 0.25) is 11.8 Å². The average molecular weight is 320 g/mol. The molecule has 0 bridgehead atoms. The molecule has 0 aromatic carbocycles. The predicted molar refractivity (Wildman–Crippen MR) is 90.9 cm³/mol. The smallest absolute Gasteiger partial charge is 0.288 e. The molecule has 1 heterocycles. The summed E-state index contributed by atoms with van der Waals surface area (Å²) in [7, 11) is 0. The molecule has 2 fully saturated rings. The van der Waals surface area contributed by atoms with Gasteiger partial charge in [-0.05, 0) is 19.3 Å². The minimum atomic E-state index is -0.613. The second-order valence-electron chi connectivity index (χ2n) is 9.17. The van der Waals surface area contributed by atoms with Crippen LogP contribution in [0.4, 0.5) is 0 Å².